The van der Waals surface area contributed by atoms with E-state index in [0.29, 0.717) is 13.1 Å². The van der Waals surface area contributed by atoms with Crippen LogP contribution in [0.4, 0.5) is 0 Å². The number of fused-ring (bicyclic) bond motifs is 7. The Morgan fingerprint density at radius 3 is 1.57 bits per heavy atom. The van der Waals surface area contributed by atoms with Gasteiger partial charge in [0.15, 0.2) is 5.96 Å². The van der Waals surface area contributed by atoms with Crippen molar-refractivity contribution in [2.24, 2.45) is 4.99 Å². The predicted octanol–water partition coefficient (Wildman–Crippen LogP) is 11.5. The summed E-state index contributed by atoms with van der Waals surface area (Å²) in [4.78, 5) is 5.27. The average Bonchev–Trinajstić information content (AvgIpc) is 3.17. The Kier molecular flexibility index (Phi) is 8.57. The minimum atomic E-state index is 0.0871. The molecule has 0 amide bonds. The van der Waals surface area contributed by atoms with Gasteiger partial charge in [0.05, 0.1) is 6.54 Å². The minimum Gasteiger partial charge on any atom is -0.356 e. The van der Waals surface area contributed by atoms with Gasteiger partial charge in [-0.2, -0.15) is 0 Å². The van der Waals surface area contributed by atoms with Crippen LogP contribution in [-0.4, -0.2) is 12.5 Å². The van der Waals surface area contributed by atoms with Crippen molar-refractivity contribution in [3.63, 3.8) is 0 Å². The van der Waals surface area contributed by atoms with Crippen LogP contribution in [0, 0.1) is 0 Å². The van der Waals surface area contributed by atoms with Crippen LogP contribution < -0.4 is 10.6 Å². The lowest BCUT2D eigenvalue weighted by molar-refractivity contribution is 0.590. The van der Waals surface area contributed by atoms with Crippen molar-refractivity contribution in [2.45, 2.75) is 78.8 Å². The van der Waals surface area contributed by atoms with E-state index in [1.807, 2.05) is 0 Å². The summed E-state index contributed by atoms with van der Waals surface area (Å²) in [5.74, 6) is 0.852. The molecule has 248 valence electrons. The molecule has 0 unspecified atom stereocenters. The van der Waals surface area contributed by atoms with Gasteiger partial charge in [-0.25, -0.2) is 4.99 Å². The first-order chi connectivity index (χ1) is 23.5. The van der Waals surface area contributed by atoms with E-state index in [-0.39, 0.29) is 10.8 Å². The summed E-state index contributed by atoms with van der Waals surface area (Å²) in [6, 6.07) is 41.1. The summed E-state index contributed by atoms with van der Waals surface area (Å²) in [7, 11) is 0. The lowest BCUT2D eigenvalue weighted by atomic mass is 9.80. The number of guanidine groups is 1. The smallest absolute Gasteiger partial charge is 0.191 e. The Bertz CT molecular complexity index is 2170. The third-order valence-corrected chi connectivity index (χ3v) is 10.1. The molecule has 6 aromatic rings. The fourth-order valence-corrected chi connectivity index (χ4v) is 7.26. The second-order valence-corrected chi connectivity index (χ2v) is 15.6. The highest BCUT2D eigenvalue weighted by molar-refractivity contribution is 6.12. The summed E-state index contributed by atoms with van der Waals surface area (Å²) < 4.78 is 0. The highest BCUT2D eigenvalue weighted by atomic mass is 15.2. The number of nitrogens with zero attached hydrogens (tertiary/aromatic N) is 1. The highest BCUT2D eigenvalue weighted by Gasteiger charge is 2.25. The third-order valence-electron chi connectivity index (χ3n) is 10.1. The molecule has 0 bridgehead atoms. The Morgan fingerprint density at radius 1 is 0.612 bits per heavy atom. The van der Waals surface area contributed by atoms with Gasteiger partial charge in [0, 0.05) is 13.1 Å². The third kappa shape index (κ3) is 6.35. The summed E-state index contributed by atoms with van der Waals surface area (Å²) in [5.41, 5.74) is 12.9. The topological polar surface area (TPSA) is 36.4 Å². The predicted molar refractivity (Wildman–Crippen MR) is 211 cm³/mol. The fourth-order valence-electron chi connectivity index (χ4n) is 7.26. The molecular weight excluding hydrogens is 595 g/mol. The van der Waals surface area contributed by atoms with E-state index in [1.165, 1.54) is 77.2 Å². The molecule has 7 rings (SSSR count). The van der Waals surface area contributed by atoms with Gasteiger partial charge in [-0.05, 0) is 107 Å². The van der Waals surface area contributed by atoms with Crippen LogP contribution in [0.15, 0.2) is 114 Å². The molecule has 49 heavy (non-hydrogen) atoms. The number of hydrogen-bond donors (Lipinski definition) is 2. The Balaban J connectivity index is 1.59. The summed E-state index contributed by atoms with van der Waals surface area (Å²) in [5, 5.41) is 12.4. The first-order valence-corrected chi connectivity index (χ1v) is 17.9. The highest BCUT2D eigenvalue weighted by Crippen LogP contribution is 2.47. The van der Waals surface area contributed by atoms with E-state index in [0.717, 1.165) is 18.9 Å². The molecule has 1 heterocycles. The monoisotopic (exact) mass is 643 g/mol. The SMILES string of the molecule is CCCNC1=NCc2c(-c3ccc(C(C)(C)C)cc3)cc3ccccc3c2-c2c(c(-c3ccc(C(C)(C)C)cc3)cc3ccccc23)CN1. The van der Waals surface area contributed by atoms with Gasteiger partial charge >= 0.3 is 0 Å². The van der Waals surface area contributed by atoms with Gasteiger partial charge < -0.3 is 10.6 Å². The summed E-state index contributed by atoms with van der Waals surface area (Å²) in [6.45, 7) is 18.0. The fraction of sp³-hybridized carbons (Fsp3) is 0.283. The van der Waals surface area contributed by atoms with Gasteiger partial charge in [-0.15, -0.1) is 0 Å². The molecule has 0 radical (unpaired) electrons. The standard InChI is InChI=1S/C46H49N3/c1-8-25-47-44-48-28-40-38(30-17-21-34(22-18-30)45(2,3)4)26-32-13-9-11-15-36(32)42(40)43-37-16-12-10-14-33(37)27-39(41(43)29-49-44)31-19-23-35(24-20-31)46(5,6)7/h9-24,26-27H,8,25,28-29H2,1-7H3,(H2,47,48,49). The van der Waals surface area contributed by atoms with E-state index in [4.69, 9.17) is 4.99 Å². The van der Waals surface area contributed by atoms with Crippen LogP contribution in [0.1, 0.15) is 77.1 Å². The lowest BCUT2D eigenvalue weighted by Crippen LogP contribution is -2.37. The molecule has 0 spiro atoms. The van der Waals surface area contributed by atoms with Crippen molar-refractivity contribution < 1.29 is 0 Å². The number of aliphatic imine (C=N–C) groups is 1. The van der Waals surface area contributed by atoms with Crippen LogP contribution >= 0.6 is 0 Å². The van der Waals surface area contributed by atoms with E-state index < -0.39 is 0 Å². The molecule has 0 saturated heterocycles. The van der Waals surface area contributed by atoms with Crippen molar-refractivity contribution in [3.8, 4) is 33.4 Å². The van der Waals surface area contributed by atoms with Crippen LogP contribution in [0.5, 0.6) is 0 Å². The molecule has 0 atom stereocenters. The second-order valence-electron chi connectivity index (χ2n) is 15.6. The average molecular weight is 644 g/mol. The van der Waals surface area contributed by atoms with E-state index in [1.54, 1.807) is 0 Å². The van der Waals surface area contributed by atoms with Crippen LogP contribution in [0.25, 0.3) is 54.9 Å². The van der Waals surface area contributed by atoms with E-state index in [2.05, 4.69) is 168 Å². The molecule has 2 N–H and O–H groups in total. The van der Waals surface area contributed by atoms with Crippen molar-refractivity contribution in [1.82, 2.24) is 10.6 Å². The normalized spacial score (nSPS) is 13.5. The maximum atomic E-state index is 5.27. The molecule has 1 aliphatic rings. The van der Waals surface area contributed by atoms with Crippen molar-refractivity contribution in [2.75, 3.05) is 6.54 Å². The molecule has 0 saturated carbocycles. The van der Waals surface area contributed by atoms with Gasteiger partial charge in [-0.3, -0.25) is 0 Å². The Labute approximate surface area is 292 Å². The van der Waals surface area contributed by atoms with Gasteiger partial charge in [-0.1, -0.05) is 146 Å². The number of hydrogen-bond acceptors (Lipinski definition) is 3. The molecular formula is C46H49N3. The van der Waals surface area contributed by atoms with Crippen molar-refractivity contribution in [1.29, 1.82) is 0 Å². The van der Waals surface area contributed by atoms with E-state index >= 15 is 0 Å². The zero-order chi connectivity index (χ0) is 34.3. The lowest BCUT2D eigenvalue weighted by Gasteiger charge is -2.24. The molecule has 3 heteroatoms. The molecule has 0 aliphatic carbocycles. The molecule has 6 aromatic carbocycles. The van der Waals surface area contributed by atoms with Gasteiger partial charge in [0.2, 0.25) is 0 Å². The number of nitrogens with one attached hydrogen (secondary N) is 2. The largest absolute Gasteiger partial charge is 0.356 e. The molecule has 0 aromatic heterocycles. The zero-order valence-corrected chi connectivity index (χ0v) is 30.2. The molecule has 3 nitrogen and oxygen atoms in total. The van der Waals surface area contributed by atoms with E-state index in [9.17, 15) is 0 Å². The zero-order valence-electron chi connectivity index (χ0n) is 30.2. The van der Waals surface area contributed by atoms with Gasteiger partial charge in [0.25, 0.3) is 0 Å². The van der Waals surface area contributed by atoms with Gasteiger partial charge in [0.1, 0.15) is 0 Å². The Morgan fingerprint density at radius 2 is 1.08 bits per heavy atom. The van der Waals surface area contributed by atoms with Crippen molar-refractivity contribution >= 4 is 27.5 Å². The summed E-state index contributed by atoms with van der Waals surface area (Å²) in [6.07, 6.45) is 1.03. The molecule has 1 aliphatic heterocycles. The Hall–Kier alpha value is -4.89. The quantitative estimate of drug-likeness (QED) is 0.201. The van der Waals surface area contributed by atoms with Crippen LogP contribution in [-0.2, 0) is 23.9 Å². The first-order valence-electron chi connectivity index (χ1n) is 17.9. The maximum absolute atomic E-state index is 5.27. The minimum absolute atomic E-state index is 0.0871. The summed E-state index contributed by atoms with van der Waals surface area (Å²) >= 11 is 0. The first kappa shape index (κ1) is 32.6. The number of benzene rings is 6. The number of rotatable bonds is 4. The van der Waals surface area contributed by atoms with Crippen LogP contribution in [0.2, 0.25) is 0 Å². The second kappa shape index (κ2) is 12.9. The maximum Gasteiger partial charge on any atom is 0.191 e. The van der Waals surface area contributed by atoms with Crippen LogP contribution in [0.3, 0.4) is 0 Å². The molecule has 0 fully saturated rings. The van der Waals surface area contributed by atoms with Crippen molar-refractivity contribution in [3.05, 3.63) is 131 Å².